The molecule has 0 saturated carbocycles. The van der Waals surface area contributed by atoms with Gasteiger partial charge in [-0.25, -0.2) is 4.79 Å². The molecule has 0 radical (unpaired) electrons. The lowest BCUT2D eigenvalue weighted by atomic mass is 10.1. The van der Waals surface area contributed by atoms with E-state index in [-0.39, 0.29) is 5.91 Å². The van der Waals surface area contributed by atoms with Gasteiger partial charge in [-0.2, -0.15) is 0 Å². The smallest absolute Gasteiger partial charge is 0.337 e. The van der Waals surface area contributed by atoms with Crippen molar-refractivity contribution in [3.63, 3.8) is 0 Å². The first kappa shape index (κ1) is 17.5. The zero-order valence-electron chi connectivity index (χ0n) is 15.0. The molecular weight excluding hydrogens is 356 g/mol. The molecule has 28 heavy (non-hydrogen) atoms. The Morgan fingerprint density at radius 1 is 0.929 bits per heavy atom. The topological polar surface area (TPSA) is 81.4 Å². The fraction of sp³-hybridized carbons (Fsp3) is 0.0455. The molecule has 1 N–H and O–H groups in total. The van der Waals surface area contributed by atoms with Crippen LogP contribution in [0.4, 0.5) is 5.69 Å². The lowest BCUT2D eigenvalue weighted by Crippen LogP contribution is -2.12. The predicted molar refractivity (Wildman–Crippen MR) is 105 cm³/mol. The first-order valence-corrected chi connectivity index (χ1v) is 8.60. The molecule has 0 saturated heterocycles. The Morgan fingerprint density at radius 3 is 2.36 bits per heavy atom. The molecule has 4 aromatic rings. The standard InChI is InChI=1S/C22H16N2O4/c1-27-22(26)15-7-10-17(11-8-15)23-21(25)16-9-12-19-18(13-16)20(28-24-19)14-5-3-2-4-6-14/h2-13H,1H3,(H,23,25). The van der Waals surface area contributed by atoms with E-state index in [1.807, 2.05) is 30.3 Å². The van der Waals surface area contributed by atoms with Gasteiger partial charge in [-0.15, -0.1) is 0 Å². The van der Waals surface area contributed by atoms with E-state index in [2.05, 4.69) is 15.2 Å². The lowest BCUT2D eigenvalue weighted by Gasteiger charge is -2.06. The summed E-state index contributed by atoms with van der Waals surface area (Å²) in [4.78, 5) is 24.1. The van der Waals surface area contributed by atoms with Crippen LogP contribution in [0, 0.1) is 0 Å². The van der Waals surface area contributed by atoms with Gasteiger partial charge >= 0.3 is 5.97 Å². The van der Waals surface area contributed by atoms with Crippen molar-refractivity contribution >= 4 is 28.5 Å². The summed E-state index contributed by atoms with van der Waals surface area (Å²) in [5.74, 6) is -0.0789. The number of ether oxygens (including phenoxy) is 1. The Kier molecular flexibility index (Phi) is 4.60. The molecule has 4 rings (SSSR count). The molecule has 0 atom stereocenters. The van der Waals surface area contributed by atoms with Gasteiger partial charge < -0.3 is 14.6 Å². The number of amides is 1. The largest absolute Gasteiger partial charge is 0.465 e. The molecule has 0 aliphatic carbocycles. The second kappa shape index (κ2) is 7.36. The number of hydrogen-bond acceptors (Lipinski definition) is 5. The molecule has 1 aromatic heterocycles. The predicted octanol–water partition coefficient (Wildman–Crippen LogP) is 4.53. The zero-order chi connectivity index (χ0) is 19.5. The Labute approximate surface area is 160 Å². The van der Waals surface area contributed by atoms with E-state index in [1.54, 1.807) is 42.5 Å². The molecule has 0 spiro atoms. The first-order chi connectivity index (χ1) is 13.7. The van der Waals surface area contributed by atoms with Crippen molar-refractivity contribution in [2.24, 2.45) is 0 Å². The normalized spacial score (nSPS) is 10.6. The number of carbonyl (C=O) groups excluding carboxylic acids is 2. The van der Waals surface area contributed by atoms with E-state index >= 15 is 0 Å². The molecule has 1 heterocycles. The zero-order valence-corrected chi connectivity index (χ0v) is 15.0. The second-order valence-corrected chi connectivity index (χ2v) is 6.13. The quantitative estimate of drug-likeness (QED) is 0.532. The van der Waals surface area contributed by atoms with Crippen molar-refractivity contribution in [2.45, 2.75) is 0 Å². The van der Waals surface area contributed by atoms with Crippen LogP contribution in [0.25, 0.3) is 22.2 Å². The number of benzene rings is 3. The molecular formula is C22H16N2O4. The highest BCUT2D eigenvalue weighted by atomic mass is 16.5. The van der Waals surface area contributed by atoms with Gasteiger partial charge in [0, 0.05) is 16.8 Å². The van der Waals surface area contributed by atoms with Gasteiger partial charge in [0.05, 0.1) is 18.1 Å². The van der Waals surface area contributed by atoms with Gasteiger partial charge in [0.15, 0.2) is 5.76 Å². The number of carbonyl (C=O) groups is 2. The Hall–Kier alpha value is -3.93. The molecule has 138 valence electrons. The summed E-state index contributed by atoms with van der Waals surface area (Å²) >= 11 is 0. The number of nitrogens with one attached hydrogen (secondary N) is 1. The van der Waals surface area contributed by atoms with Crippen LogP contribution in [-0.2, 0) is 4.74 Å². The lowest BCUT2D eigenvalue weighted by molar-refractivity contribution is 0.0600. The molecule has 0 aliphatic heterocycles. The maximum Gasteiger partial charge on any atom is 0.337 e. The molecule has 0 unspecified atom stereocenters. The van der Waals surface area contributed by atoms with E-state index in [0.29, 0.717) is 28.1 Å². The summed E-state index contributed by atoms with van der Waals surface area (Å²) < 4.78 is 10.1. The Bertz CT molecular complexity index is 1150. The van der Waals surface area contributed by atoms with Gasteiger partial charge in [0.1, 0.15) is 5.52 Å². The molecule has 3 aromatic carbocycles. The molecule has 6 nitrogen and oxygen atoms in total. The fourth-order valence-electron chi connectivity index (χ4n) is 2.89. The van der Waals surface area contributed by atoms with Gasteiger partial charge in [0.2, 0.25) is 0 Å². The van der Waals surface area contributed by atoms with Crippen molar-refractivity contribution in [1.29, 1.82) is 0 Å². The summed E-state index contributed by atoms with van der Waals surface area (Å²) in [5.41, 5.74) is 3.04. The summed E-state index contributed by atoms with van der Waals surface area (Å²) in [6.07, 6.45) is 0. The third kappa shape index (κ3) is 3.35. The van der Waals surface area contributed by atoms with Crippen LogP contribution >= 0.6 is 0 Å². The minimum atomic E-state index is -0.427. The van der Waals surface area contributed by atoms with Crippen LogP contribution in [0.2, 0.25) is 0 Å². The molecule has 1 amide bonds. The average molecular weight is 372 g/mol. The van der Waals surface area contributed by atoms with E-state index in [4.69, 9.17) is 4.52 Å². The van der Waals surface area contributed by atoms with Crippen LogP contribution in [-0.4, -0.2) is 24.1 Å². The van der Waals surface area contributed by atoms with Crippen LogP contribution < -0.4 is 5.32 Å². The van der Waals surface area contributed by atoms with Gasteiger partial charge in [0.25, 0.3) is 5.91 Å². The van der Waals surface area contributed by atoms with Gasteiger partial charge in [-0.05, 0) is 42.5 Å². The monoisotopic (exact) mass is 372 g/mol. The van der Waals surface area contributed by atoms with Crippen LogP contribution in [0.5, 0.6) is 0 Å². The number of hydrogen-bond donors (Lipinski definition) is 1. The SMILES string of the molecule is COC(=O)c1ccc(NC(=O)c2ccc3noc(-c4ccccc4)c3c2)cc1. The molecule has 0 fully saturated rings. The highest BCUT2D eigenvalue weighted by molar-refractivity contribution is 6.07. The number of nitrogens with zero attached hydrogens (tertiary/aromatic N) is 1. The third-order valence-corrected chi connectivity index (χ3v) is 4.34. The van der Waals surface area contributed by atoms with Crippen molar-refractivity contribution in [2.75, 3.05) is 12.4 Å². The number of rotatable bonds is 4. The molecule has 0 aliphatic rings. The maximum absolute atomic E-state index is 12.6. The minimum Gasteiger partial charge on any atom is -0.465 e. The summed E-state index contributed by atoms with van der Waals surface area (Å²) in [6.45, 7) is 0. The second-order valence-electron chi connectivity index (χ2n) is 6.13. The number of methoxy groups -OCH3 is 1. The van der Waals surface area contributed by atoms with Crippen molar-refractivity contribution in [3.05, 3.63) is 83.9 Å². The first-order valence-electron chi connectivity index (χ1n) is 8.60. The Morgan fingerprint density at radius 2 is 1.64 bits per heavy atom. The van der Waals surface area contributed by atoms with Gasteiger partial charge in [-0.1, -0.05) is 35.5 Å². The highest BCUT2D eigenvalue weighted by Crippen LogP contribution is 2.29. The van der Waals surface area contributed by atoms with Crippen LogP contribution in [0.3, 0.4) is 0 Å². The minimum absolute atomic E-state index is 0.270. The van der Waals surface area contributed by atoms with Crippen molar-refractivity contribution < 1.29 is 18.8 Å². The van der Waals surface area contributed by atoms with E-state index in [9.17, 15) is 9.59 Å². The number of aromatic nitrogens is 1. The highest BCUT2D eigenvalue weighted by Gasteiger charge is 2.14. The van der Waals surface area contributed by atoms with Crippen LogP contribution in [0.1, 0.15) is 20.7 Å². The average Bonchev–Trinajstić information content (AvgIpc) is 3.17. The number of anilines is 1. The molecule has 6 heteroatoms. The third-order valence-electron chi connectivity index (χ3n) is 4.34. The summed E-state index contributed by atoms with van der Waals surface area (Å²) in [5, 5.41) is 7.64. The maximum atomic E-state index is 12.6. The van der Waals surface area contributed by atoms with E-state index in [0.717, 1.165) is 10.9 Å². The molecule has 0 bridgehead atoms. The number of esters is 1. The van der Waals surface area contributed by atoms with E-state index < -0.39 is 5.97 Å². The van der Waals surface area contributed by atoms with Crippen LogP contribution in [0.15, 0.2) is 77.3 Å². The van der Waals surface area contributed by atoms with Crippen molar-refractivity contribution in [3.8, 4) is 11.3 Å². The summed E-state index contributed by atoms with van der Waals surface area (Å²) in [7, 11) is 1.32. The summed E-state index contributed by atoms with van der Waals surface area (Å²) in [6, 6.07) is 21.3. The van der Waals surface area contributed by atoms with Gasteiger partial charge in [-0.3, -0.25) is 4.79 Å². The Balaban J connectivity index is 1.60. The number of fused-ring (bicyclic) bond motifs is 1. The van der Waals surface area contributed by atoms with E-state index in [1.165, 1.54) is 7.11 Å². The fourth-order valence-corrected chi connectivity index (χ4v) is 2.89. The van der Waals surface area contributed by atoms with Crippen molar-refractivity contribution in [1.82, 2.24) is 5.16 Å².